The molecule has 0 heterocycles. The number of halogens is 1. The molecule has 0 saturated carbocycles. The summed E-state index contributed by atoms with van der Waals surface area (Å²) in [5, 5.41) is 11.6. The lowest BCUT2D eigenvalue weighted by atomic mass is 10.1. The molecule has 2 aromatic rings. The van der Waals surface area contributed by atoms with Gasteiger partial charge in [-0.3, -0.25) is 0 Å². The van der Waals surface area contributed by atoms with Crippen LogP contribution in [0.3, 0.4) is 0 Å². The van der Waals surface area contributed by atoms with Gasteiger partial charge in [-0.2, -0.15) is 5.26 Å². The third kappa shape index (κ3) is 2.41. The monoisotopic (exact) mass is 241 g/mol. The van der Waals surface area contributed by atoms with E-state index in [0.29, 0.717) is 17.1 Å². The third-order valence-corrected chi connectivity index (χ3v) is 2.57. The predicted molar refractivity (Wildman–Crippen MR) is 70.0 cm³/mol. The maximum absolute atomic E-state index is 13.7. The number of nitriles is 1. The minimum absolute atomic E-state index is 0.287. The minimum Gasteiger partial charge on any atom is -0.397 e. The summed E-state index contributed by atoms with van der Waals surface area (Å²) < 4.78 is 13.7. The number of hydrogen-bond acceptors (Lipinski definition) is 3. The molecule has 2 rings (SSSR count). The highest BCUT2D eigenvalue weighted by Crippen LogP contribution is 2.26. The third-order valence-electron chi connectivity index (χ3n) is 2.57. The molecule has 4 heteroatoms. The lowest BCUT2D eigenvalue weighted by molar-refractivity contribution is 0.631. The van der Waals surface area contributed by atoms with Crippen LogP contribution in [-0.2, 0) is 0 Å². The number of rotatable bonds is 2. The van der Waals surface area contributed by atoms with Crippen LogP contribution < -0.4 is 11.1 Å². The van der Waals surface area contributed by atoms with Gasteiger partial charge >= 0.3 is 0 Å². The molecule has 0 atom stereocenters. The van der Waals surface area contributed by atoms with Crippen LogP contribution >= 0.6 is 0 Å². The molecule has 18 heavy (non-hydrogen) atoms. The van der Waals surface area contributed by atoms with Crippen LogP contribution in [0.2, 0.25) is 0 Å². The topological polar surface area (TPSA) is 61.8 Å². The normalized spacial score (nSPS) is 9.83. The maximum atomic E-state index is 13.7. The van der Waals surface area contributed by atoms with E-state index in [0.717, 1.165) is 5.56 Å². The number of hydrogen-bond donors (Lipinski definition) is 2. The molecular formula is C14H12FN3. The van der Waals surface area contributed by atoms with E-state index in [1.54, 1.807) is 12.1 Å². The summed E-state index contributed by atoms with van der Waals surface area (Å²) in [5.41, 5.74) is 8.66. The number of nitrogens with zero attached hydrogens (tertiary/aromatic N) is 1. The first kappa shape index (κ1) is 11.9. The maximum Gasteiger partial charge on any atom is 0.147 e. The van der Waals surface area contributed by atoms with Crippen LogP contribution in [0.5, 0.6) is 0 Å². The Hall–Kier alpha value is -2.54. The molecule has 0 aromatic heterocycles. The van der Waals surface area contributed by atoms with Gasteiger partial charge in [-0.05, 0) is 42.8 Å². The lowest BCUT2D eigenvalue weighted by Crippen LogP contribution is -1.98. The molecule has 3 nitrogen and oxygen atoms in total. The van der Waals surface area contributed by atoms with Crippen molar-refractivity contribution >= 4 is 17.1 Å². The van der Waals surface area contributed by atoms with Crippen molar-refractivity contribution in [3.8, 4) is 6.07 Å². The molecule has 0 aliphatic heterocycles. The highest BCUT2D eigenvalue weighted by molar-refractivity contribution is 5.73. The molecule has 90 valence electrons. The number of anilines is 3. The highest BCUT2D eigenvalue weighted by atomic mass is 19.1. The Kier molecular flexibility index (Phi) is 3.16. The second-order valence-electron chi connectivity index (χ2n) is 4.02. The molecule has 0 aliphatic rings. The Labute approximate surface area is 105 Å². The van der Waals surface area contributed by atoms with Crippen LogP contribution in [0.25, 0.3) is 0 Å². The first-order valence-electron chi connectivity index (χ1n) is 5.43. The molecule has 2 aromatic carbocycles. The van der Waals surface area contributed by atoms with Crippen molar-refractivity contribution in [2.75, 3.05) is 11.1 Å². The first-order chi connectivity index (χ1) is 8.60. The van der Waals surface area contributed by atoms with E-state index in [-0.39, 0.29) is 5.56 Å². The van der Waals surface area contributed by atoms with Crippen molar-refractivity contribution in [1.82, 2.24) is 0 Å². The van der Waals surface area contributed by atoms with Gasteiger partial charge in [-0.25, -0.2) is 4.39 Å². The Morgan fingerprint density at radius 1 is 1.17 bits per heavy atom. The van der Waals surface area contributed by atoms with Gasteiger partial charge in [0, 0.05) is 0 Å². The van der Waals surface area contributed by atoms with Crippen molar-refractivity contribution < 1.29 is 4.39 Å². The predicted octanol–water partition coefficient (Wildman–Crippen LogP) is 3.33. The highest BCUT2D eigenvalue weighted by Gasteiger charge is 2.05. The van der Waals surface area contributed by atoms with E-state index in [1.165, 1.54) is 12.1 Å². The van der Waals surface area contributed by atoms with Gasteiger partial charge in [0.1, 0.15) is 5.82 Å². The molecule has 0 aliphatic carbocycles. The molecule has 0 unspecified atom stereocenters. The van der Waals surface area contributed by atoms with E-state index in [2.05, 4.69) is 5.32 Å². The smallest absolute Gasteiger partial charge is 0.147 e. The molecule has 0 bridgehead atoms. The fourth-order valence-electron chi connectivity index (χ4n) is 1.63. The van der Waals surface area contributed by atoms with E-state index in [9.17, 15) is 4.39 Å². The zero-order valence-corrected chi connectivity index (χ0v) is 9.87. The van der Waals surface area contributed by atoms with Gasteiger partial charge in [-0.15, -0.1) is 0 Å². The van der Waals surface area contributed by atoms with Crippen molar-refractivity contribution in [3.05, 3.63) is 53.3 Å². The number of nitrogens with one attached hydrogen (secondary N) is 1. The fraction of sp³-hybridized carbons (Fsp3) is 0.0714. The zero-order valence-electron chi connectivity index (χ0n) is 9.87. The molecule has 0 amide bonds. The summed E-state index contributed by atoms with van der Waals surface area (Å²) in [6, 6.07) is 11.6. The Morgan fingerprint density at radius 2 is 1.89 bits per heavy atom. The van der Waals surface area contributed by atoms with Crippen molar-refractivity contribution in [2.24, 2.45) is 0 Å². The Bertz CT molecular complexity index is 629. The fourth-order valence-corrected chi connectivity index (χ4v) is 1.63. The summed E-state index contributed by atoms with van der Waals surface area (Å²) in [6.07, 6.45) is 0. The van der Waals surface area contributed by atoms with Gasteiger partial charge < -0.3 is 11.1 Å². The molecule has 0 saturated heterocycles. The average molecular weight is 241 g/mol. The summed E-state index contributed by atoms with van der Waals surface area (Å²) in [6.45, 7) is 1.93. The number of nitrogen functional groups attached to an aromatic ring is 1. The zero-order chi connectivity index (χ0) is 13.1. The first-order valence-corrected chi connectivity index (χ1v) is 5.43. The minimum atomic E-state index is -0.478. The standard InChI is InChI=1S/C14H12FN3/c1-9-2-4-14(12(17)6-9)18-13-5-3-10(8-16)7-11(13)15/h2-7,18H,17H2,1H3. The summed E-state index contributed by atoms with van der Waals surface area (Å²) in [7, 11) is 0. The van der Waals surface area contributed by atoms with Gasteiger partial charge in [-0.1, -0.05) is 6.07 Å². The molecule has 0 radical (unpaired) electrons. The van der Waals surface area contributed by atoms with Crippen LogP contribution in [0.4, 0.5) is 21.5 Å². The van der Waals surface area contributed by atoms with Crippen LogP contribution in [0.1, 0.15) is 11.1 Å². The van der Waals surface area contributed by atoms with Crippen LogP contribution in [0.15, 0.2) is 36.4 Å². The van der Waals surface area contributed by atoms with Gasteiger partial charge in [0.25, 0.3) is 0 Å². The summed E-state index contributed by atoms with van der Waals surface area (Å²) in [4.78, 5) is 0. The number of nitrogens with two attached hydrogens (primary N) is 1. The molecule has 0 spiro atoms. The van der Waals surface area contributed by atoms with Gasteiger partial charge in [0.2, 0.25) is 0 Å². The molecule has 0 fully saturated rings. The summed E-state index contributed by atoms with van der Waals surface area (Å²) in [5.74, 6) is -0.478. The van der Waals surface area contributed by atoms with Crippen molar-refractivity contribution in [1.29, 1.82) is 5.26 Å². The second-order valence-corrected chi connectivity index (χ2v) is 4.02. The largest absolute Gasteiger partial charge is 0.397 e. The van der Waals surface area contributed by atoms with E-state index in [1.807, 2.05) is 25.1 Å². The Morgan fingerprint density at radius 3 is 2.50 bits per heavy atom. The average Bonchev–Trinajstić information content (AvgIpc) is 2.34. The lowest BCUT2D eigenvalue weighted by Gasteiger charge is -2.10. The number of benzene rings is 2. The molecular weight excluding hydrogens is 229 g/mol. The summed E-state index contributed by atoms with van der Waals surface area (Å²) >= 11 is 0. The van der Waals surface area contributed by atoms with E-state index < -0.39 is 5.82 Å². The van der Waals surface area contributed by atoms with Crippen molar-refractivity contribution in [3.63, 3.8) is 0 Å². The SMILES string of the molecule is Cc1ccc(Nc2ccc(C#N)cc2F)c(N)c1. The van der Waals surface area contributed by atoms with Crippen LogP contribution in [-0.4, -0.2) is 0 Å². The van der Waals surface area contributed by atoms with Gasteiger partial charge in [0.15, 0.2) is 0 Å². The van der Waals surface area contributed by atoms with Crippen LogP contribution in [0, 0.1) is 24.1 Å². The quantitative estimate of drug-likeness (QED) is 0.793. The van der Waals surface area contributed by atoms with Crippen molar-refractivity contribution in [2.45, 2.75) is 6.92 Å². The number of aryl methyl sites for hydroxylation is 1. The van der Waals surface area contributed by atoms with E-state index in [4.69, 9.17) is 11.0 Å². The van der Waals surface area contributed by atoms with E-state index >= 15 is 0 Å². The Balaban J connectivity index is 2.32. The van der Waals surface area contributed by atoms with Gasteiger partial charge in [0.05, 0.1) is 28.7 Å². The molecule has 3 N–H and O–H groups in total. The second kappa shape index (κ2) is 4.76.